The Hall–Kier alpha value is -1.09. The Morgan fingerprint density at radius 1 is 1.41 bits per heavy atom. The number of rotatable bonds is 3. The Balaban J connectivity index is 2.08. The van der Waals surface area contributed by atoms with E-state index in [0.29, 0.717) is 17.5 Å². The van der Waals surface area contributed by atoms with Crippen molar-refractivity contribution in [2.75, 3.05) is 0 Å². The van der Waals surface area contributed by atoms with Crippen molar-refractivity contribution in [2.45, 2.75) is 45.2 Å². The van der Waals surface area contributed by atoms with Crippen LogP contribution < -0.4 is 5.32 Å². The summed E-state index contributed by atoms with van der Waals surface area (Å²) in [6, 6.07) is 4.57. The number of hydrogen-bond acceptors (Lipinski definition) is 2. The molecule has 94 valence electrons. The summed E-state index contributed by atoms with van der Waals surface area (Å²) in [6.45, 7) is 4.21. The van der Waals surface area contributed by atoms with E-state index < -0.39 is 0 Å². The summed E-state index contributed by atoms with van der Waals surface area (Å²) in [4.78, 5) is 0. The van der Waals surface area contributed by atoms with Crippen LogP contribution in [0.3, 0.4) is 0 Å². The zero-order chi connectivity index (χ0) is 12.4. The van der Waals surface area contributed by atoms with Gasteiger partial charge in [0.15, 0.2) is 0 Å². The molecule has 0 radical (unpaired) electrons. The summed E-state index contributed by atoms with van der Waals surface area (Å²) in [5.41, 5.74) is 0.643. The fourth-order valence-electron chi connectivity index (χ4n) is 2.68. The molecule has 2 N–H and O–H groups in total. The lowest BCUT2D eigenvalue weighted by Gasteiger charge is -2.23. The monoisotopic (exact) mass is 237 g/mol. The van der Waals surface area contributed by atoms with Gasteiger partial charge >= 0.3 is 0 Å². The van der Waals surface area contributed by atoms with E-state index in [4.69, 9.17) is 0 Å². The molecule has 0 aromatic heterocycles. The minimum Gasteiger partial charge on any atom is -0.508 e. The Labute approximate surface area is 102 Å². The summed E-state index contributed by atoms with van der Waals surface area (Å²) in [5.74, 6) is 0.524. The van der Waals surface area contributed by atoms with Crippen molar-refractivity contribution in [2.24, 2.45) is 5.92 Å². The third-order valence-electron chi connectivity index (χ3n) is 3.78. The highest BCUT2D eigenvalue weighted by Crippen LogP contribution is 2.30. The van der Waals surface area contributed by atoms with E-state index in [0.717, 1.165) is 0 Å². The molecule has 0 saturated heterocycles. The van der Waals surface area contributed by atoms with Crippen molar-refractivity contribution < 1.29 is 9.50 Å². The molecule has 2 nitrogen and oxygen atoms in total. The third kappa shape index (κ3) is 2.78. The van der Waals surface area contributed by atoms with E-state index in [9.17, 15) is 9.50 Å². The first kappa shape index (κ1) is 12.4. The van der Waals surface area contributed by atoms with Crippen LogP contribution in [-0.2, 0) is 0 Å². The van der Waals surface area contributed by atoms with Crippen LogP contribution in [0.5, 0.6) is 5.75 Å². The summed E-state index contributed by atoms with van der Waals surface area (Å²) in [5, 5.41) is 13.2. The van der Waals surface area contributed by atoms with Gasteiger partial charge in [0.25, 0.3) is 0 Å². The third-order valence-corrected chi connectivity index (χ3v) is 3.78. The normalized spacial score (nSPS) is 26.1. The van der Waals surface area contributed by atoms with Gasteiger partial charge in [-0.3, -0.25) is 0 Å². The lowest BCUT2D eigenvalue weighted by molar-refractivity contribution is 0.377. The molecule has 1 aromatic rings. The van der Waals surface area contributed by atoms with Crippen LogP contribution >= 0.6 is 0 Å². The van der Waals surface area contributed by atoms with Crippen molar-refractivity contribution in [1.82, 2.24) is 5.32 Å². The van der Waals surface area contributed by atoms with Gasteiger partial charge in [-0.05, 0) is 43.9 Å². The Morgan fingerprint density at radius 2 is 2.18 bits per heavy atom. The van der Waals surface area contributed by atoms with Gasteiger partial charge in [-0.25, -0.2) is 4.39 Å². The van der Waals surface area contributed by atoms with Gasteiger partial charge in [-0.1, -0.05) is 13.3 Å². The molecule has 2 rings (SSSR count). The minimum atomic E-state index is -0.300. The molecule has 1 aromatic carbocycles. The van der Waals surface area contributed by atoms with Crippen LogP contribution in [-0.4, -0.2) is 11.1 Å². The average molecular weight is 237 g/mol. The number of phenolic OH excluding ortho intramolecular Hbond substituents is 1. The second kappa shape index (κ2) is 5.05. The zero-order valence-corrected chi connectivity index (χ0v) is 10.4. The number of hydrogen-bond donors (Lipinski definition) is 2. The molecular weight excluding hydrogens is 217 g/mol. The number of phenols is 1. The quantitative estimate of drug-likeness (QED) is 0.844. The molecule has 1 aliphatic carbocycles. The fraction of sp³-hybridized carbons (Fsp3) is 0.571. The summed E-state index contributed by atoms with van der Waals surface area (Å²) in [7, 11) is 0. The molecule has 0 spiro atoms. The predicted molar refractivity (Wildman–Crippen MR) is 66.4 cm³/mol. The molecule has 0 bridgehead atoms. The highest BCUT2D eigenvalue weighted by atomic mass is 19.1. The van der Waals surface area contributed by atoms with Crippen LogP contribution in [0, 0.1) is 11.7 Å². The van der Waals surface area contributed by atoms with Gasteiger partial charge in [0, 0.05) is 17.6 Å². The van der Waals surface area contributed by atoms with E-state index in [-0.39, 0.29) is 17.6 Å². The van der Waals surface area contributed by atoms with Gasteiger partial charge in [0.05, 0.1) is 0 Å². The lowest BCUT2D eigenvalue weighted by Crippen LogP contribution is -2.33. The van der Waals surface area contributed by atoms with E-state index in [1.54, 1.807) is 0 Å². The number of nitrogens with one attached hydrogen (secondary N) is 1. The van der Waals surface area contributed by atoms with Crippen LogP contribution in [0.25, 0.3) is 0 Å². The second-order valence-corrected chi connectivity index (χ2v) is 5.11. The van der Waals surface area contributed by atoms with Crippen molar-refractivity contribution >= 4 is 0 Å². The van der Waals surface area contributed by atoms with Crippen LogP contribution in [0.15, 0.2) is 18.2 Å². The number of halogens is 1. The maximum absolute atomic E-state index is 13.2. The second-order valence-electron chi connectivity index (χ2n) is 5.11. The molecule has 3 heteroatoms. The Morgan fingerprint density at radius 3 is 2.82 bits per heavy atom. The van der Waals surface area contributed by atoms with E-state index in [2.05, 4.69) is 12.2 Å². The topological polar surface area (TPSA) is 32.3 Å². The molecule has 3 unspecified atom stereocenters. The minimum absolute atomic E-state index is 0.0174. The first-order valence-electron chi connectivity index (χ1n) is 6.32. The average Bonchev–Trinajstić information content (AvgIpc) is 2.68. The van der Waals surface area contributed by atoms with Gasteiger partial charge in [-0.2, -0.15) is 0 Å². The Kier molecular flexibility index (Phi) is 3.67. The molecule has 3 atom stereocenters. The SMILES string of the molecule is CC(NC1CCCC1C)c1cc(F)ccc1O. The Bertz CT molecular complexity index is 394. The maximum Gasteiger partial charge on any atom is 0.123 e. The van der Waals surface area contributed by atoms with Gasteiger partial charge < -0.3 is 10.4 Å². The highest BCUT2D eigenvalue weighted by molar-refractivity contribution is 5.34. The van der Waals surface area contributed by atoms with Crippen molar-refractivity contribution in [3.05, 3.63) is 29.6 Å². The molecule has 1 saturated carbocycles. The largest absolute Gasteiger partial charge is 0.508 e. The van der Waals surface area contributed by atoms with E-state index >= 15 is 0 Å². The van der Waals surface area contributed by atoms with Crippen molar-refractivity contribution in [3.63, 3.8) is 0 Å². The van der Waals surface area contributed by atoms with Gasteiger partial charge in [0.2, 0.25) is 0 Å². The number of aromatic hydroxyl groups is 1. The molecular formula is C14H20FNO. The summed E-state index contributed by atoms with van der Waals surface area (Å²) >= 11 is 0. The molecule has 17 heavy (non-hydrogen) atoms. The lowest BCUT2D eigenvalue weighted by atomic mass is 10.0. The van der Waals surface area contributed by atoms with Crippen LogP contribution in [0.2, 0.25) is 0 Å². The maximum atomic E-state index is 13.2. The first-order chi connectivity index (χ1) is 8.08. The molecule has 0 amide bonds. The summed E-state index contributed by atoms with van der Waals surface area (Å²) < 4.78 is 13.2. The smallest absolute Gasteiger partial charge is 0.123 e. The van der Waals surface area contributed by atoms with Crippen LogP contribution in [0.1, 0.15) is 44.7 Å². The standard InChI is InChI=1S/C14H20FNO/c1-9-4-3-5-13(9)16-10(2)12-8-11(15)6-7-14(12)17/h6-10,13,16-17H,3-5H2,1-2H3. The molecule has 0 heterocycles. The predicted octanol–water partition coefficient (Wildman–Crippen LogP) is 3.37. The van der Waals surface area contributed by atoms with E-state index in [1.165, 1.54) is 37.5 Å². The molecule has 0 aliphatic heterocycles. The zero-order valence-electron chi connectivity index (χ0n) is 10.4. The van der Waals surface area contributed by atoms with Crippen molar-refractivity contribution in [1.29, 1.82) is 0 Å². The number of benzene rings is 1. The highest BCUT2D eigenvalue weighted by Gasteiger charge is 2.25. The van der Waals surface area contributed by atoms with Gasteiger partial charge in [-0.15, -0.1) is 0 Å². The molecule has 1 fully saturated rings. The first-order valence-corrected chi connectivity index (χ1v) is 6.32. The van der Waals surface area contributed by atoms with Gasteiger partial charge in [0.1, 0.15) is 11.6 Å². The summed E-state index contributed by atoms with van der Waals surface area (Å²) in [6.07, 6.45) is 3.67. The van der Waals surface area contributed by atoms with Crippen LogP contribution in [0.4, 0.5) is 4.39 Å². The van der Waals surface area contributed by atoms with E-state index in [1.807, 2.05) is 6.92 Å². The van der Waals surface area contributed by atoms with Crippen molar-refractivity contribution in [3.8, 4) is 5.75 Å². The fourth-order valence-corrected chi connectivity index (χ4v) is 2.68. The molecule has 1 aliphatic rings.